The molecule has 11 heavy (non-hydrogen) atoms. The molecule has 0 aromatic carbocycles. The zero-order valence-corrected chi connectivity index (χ0v) is 9.22. The van der Waals surface area contributed by atoms with Gasteiger partial charge >= 0.3 is 0 Å². The number of rotatable bonds is 1. The fourth-order valence-corrected chi connectivity index (χ4v) is 1.17. The van der Waals surface area contributed by atoms with E-state index in [2.05, 4.69) is 27.6 Å². The molecule has 0 saturated carbocycles. The van der Waals surface area contributed by atoms with E-state index in [-0.39, 0.29) is 0 Å². The summed E-state index contributed by atoms with van der Waals surface area (Å²) in [4.78, 5) is 6.07. The summed E-state index contributed by atoms with van der Waals surface area (Å²) in [6.45, 7) is 0. The van der Waals surface area contributed by atoms with Gasteiger partial charge in [0.1, 0.15) is 5.82 Å². The minimum absolute atomic E-state index is 0.705. The smallest absolute Gasteiger partial charge is 0.129 e. The molecule has 0 bridgehead atoms. The van der Waals surface area contributed by atoms with Crippen LogP contribution < -0.4 is 4.90 Å². The molecule has 0 atom stereocenters. The third kappa shape index (κ3) is 2.20. The first-order chi connectivity index (χ1) is 5.11. The third-order valence-corrected chi connectivity index (χ3v) is 2.76. The molecule has 0 spiro atoms. The Morgan fingerprint density at radius 3 is 2.64 bits per heavy atom. The van der Waals surface area contributed by atoms with Crippen LogP contribution in [0.4, 0.5) is 5.82 Å². The molecule has 0 fully saturated rings. The van der Waals surface area contributed by atoms with Crippen molar-refractivity contribution < 1.29 is 0 Å². The van der Waals surface area contributed by atoms with Crippen molar-refractivity contribution in [3.63, 3.8) is 0 Å². The van der Waals surface area contributed by atoms with Gasteiger partial charge < -0.3 is 4.90 Å². The maximum Gasteiger partial charge on any atom is 0.129 e. The molecule has 0 N–H and O–H groups in total. The van der Waals surface area contributed by atoms with Crippen LogP contribution in [0.15, 0.2) is 12.3 Å². The van der Waals surface area contributed by atoms with Gasteiger partial charge in [-0.2, -0.15) is 0 Å². The van der Waals surface area contributed by atoms with Crippen LogP contribution in [0.1, 0.15) is 0 Å². The van der Waals surface area contributed by atoms with Gasteiger partial charge in [0, 0.05) is 23.9 Å². The average molecular weight is 283 g/mol. The highest BCUT2D eigenvalue weighted by molar-refractivity contribution is 14.1. The normalized spacial score (nSPS) is 9.82. The van der Waals surface area contributed by atoms with Gasteiger partial charge in [0.2, 0.25) is 0 Å². The number of aromatic nitrogens is 1. The highest BCUT2D eigenvalue weighted by atomic mass is 127. The van der Waals surface area contributed by atoms with Crippen LogP contribution in [0.25, 0.3) is 0 Å². The van der Waals surface area contributed by atoms with Gasteiger partial charge in [0.05, 0.1) is 5.02 Å². The summed E-state index contributed by atoms with van der Waals surface area (Å²) >= 11 is 7.98. The molecule has 1 aromatic rings. The Hall–Kier alpha value is -0.0300. The van der Waals surface area contributed by atoms with E-state index < -0.39 is 0 Å². The fraction of sp³-hybridized carbons (Fsp3) is 0.286. The summed E-state index contributed by atoms with van der Waals surface area (Å²) in [5.74, 6) is 0.929. The van der Waals surface area contributed by atoms with Gasteiger partial charge in [-0.1, -0.05) is 11.6 Å². The standard InChI is InChI=1S/C7H8ClIN2/c1-11(2)7-3-6(9)5(8)4-10-7/h3-4H,1-2H3. The molecular weight excluding hydrogens is 274 g/mol. The maximum atomic E-state index is 5.80. The average Bonchev–Trinajstić information content (AvgIpc) is 1.94. The molecule has 0 aliphatic rings. The lowest BCUT2D eigenvalue weighted by Crippen LogP contribution is -2.10. The van der Waals surface area contributed by atoms with Crippen molar-refractivity contribution in [2.24, 2.45) is 0 Å². The number of hydrogen-bond donors (Lipinski definition) is 0. The van der Waals surface area contributed by atoms with Crippen LogP contribution in [0, 0.1) is 3.57 Å². The summed E-state index contributed by atoms with van der Waals surface area (Å²) in [6.07, 6.45) is 1.67. The zero-order valence-electron chi connectivity index (χ0n) is 6.31. The minimum Gasteiger partial charge on any atom is -0.363 e. The fourth-order valence-electron chi connectivity index (χ4n) is 0.649. The van der Waals surface area contributed by atoms with Crippen LogP contribution in [0.3, 0.4) is 0 Å². The van der Waals surface area contributed by atoms with Gasteiger partial charge in [0.25, 0.3) is 0 Å². The van der Waals surface area contributed by atoms with E-state index in [9.17, 15) is 0 Å². The molecule has 4 heteroatoms. The molecule has 1 rings (SSSR count). The molecule has 0 amide bonds. The lowest BCUT2D eigenvalue weighted by molar-refractivity contribution is 1.07. The summed E-state index contributed by atoms with van der Waals surface area (Å²) in [6, 6.07) is 1.95. The highest BCUT2D eigenvalue weighted by Gasteiger charge is 2.00. The number of pyridine rings is 1. The van der Waals surface area contributed by atoms with Crippen molar-refractivity contribution >= 4 is 40.0 Å². The first-order valence-electron chi connectivity index (χ1n) is 3.09. The molecule has 0 aliphatic carbocycles. The van der Waals surface area contributed by atoms with Crippen molar-refractivity contribution in [1.29, 1.82) is 0 Å². The topological polar surface area (TPSA) is 16.1 Å². The third-order valence-electron chi connectivity index (χ3n) is 1.25. The van der Waals surface area contributed by atoms with E-state index in [0.717, 1.165) is 9.39 Å². The quantitative estimate of drug-likeness (QED) is 0.735. The van der Waals surface area contributed by atoms with E-state index in [1.165, 1.54) is 0 Å². The van der Waals surface area contributed by atoms with E-state index >= 15 is 0 Å². The molecule has 0 unspecified atom stereocenters. The van der Waals surface area contributed by atoms with Gasteiger partial charge in [0.15, 0.2) is 0 Å². The van der Waals surface area contributed by atoms with E-state index in [1.807, 2.05) is 25.1 Å². The Balaban J connectivity index is 3.05. The molecule has 60 valence electrons. The van der Waals surface area contributed by atoms with Gasteiger partial charge in [-0.15, -0.1) is 0 Å². The van der Waals surface area contributed by atoms with Crippen LogP contribution in [-0.4, -0.2) is 19.1 Å². The summed E-state index contributed by atoms with van der Waals surface area (Å²) in [5.41, 5.74) is 0. The second kappa shape index (κ2) is 3.58. The number of halogens is 2. The van der Waals surface area contributed by atoms with Crippen LogP contribution >= 0.6 is 34.2 Å². The van der Waals surface area contributed by atoms with E-state index in [0.29, 0.717) is 5.02 Å². The maximum absolute atomic E-state index is 5.80. The monoisotopic (exact) mass is 282 g/mol. The molecular formula is C7H8ClIN2. The van der Waals surface area contributed by atoms with Crippen molar-refractivity contribution in [2.45, 2.75) is 0 Å². The summed E-state index contributed by atoms with van der Waals surface area (Å²) in [5, 5.41) is 0.705. The Morgan fingerprint density at radius 2 is 2.18 bits per heavy atom. The van der Waals surface area contributed by atoms with E-state index in [1.54, 1.807) is 6.20 Å². The largest absolute Gasteiger partial charge is 0.363 e. The molecule has 0 saturated heterocycles. The Kier molecular flexibility index (Phi) is 2.95. The van der Waals surface area contributed by atoms with Gasteiger partial charge in [-0.3, -0.25) is 0 Å². The summed E-state index contributed by atoms with van der Waals surface area (Å²) < 4.78 is 1.03. The summed E-state index contributed by atoms with van der Waals surface area (Å²) in [7, 11) is 3.90. The Labute approximate surface area is 84.7 Å². The van der Waals surface area contributed by atoms with E-state index in [4.69, 9.17) is 11.6 Å². The lowest BCUT2D eigenvalue weighted by atomic mass is 10.4. The number of nitrogens with zero attached hydrogens (tertiary/aromatic N) is 2. The van der Waals surface area contributed by atoms with Crippen molar-refractivity contribution in [2.75, 3.05) is 19.0 Å². The zero-order chi connectivity index (χ0) is 8.43. The minimum atomic E-state index is 0.705. The van der Waals surface area contributed by atoms with Crippen LogP contribution in [0.5, 0.6) is 0 Å². The number of anilines is 1. The van der Waals surface area contributed by atoms with Crippen molar-refractivity contribution in [3.05, 3.63) is 20.9 Å². The second-order valence-electron chi connectivity index (χ2n) is 2.35. The van der Waals surface area contributed by atoms with Crippen molar-refractivity contribution in [3.8, 4) is 0 Å². The van der Waals surface area contributed by atoms with Gasteiger partial charge in [-0.05, 0) is 28.7 Å². The first-order valence-corrected chi connectivity index (χ1v) is 4.55. The SMILES string of the molecule is CN(C)c1cc(I)c(Cl)cn1. The Morgan fingerprint density at radius 1 is 1.55 bits per heavy atom. The van der Waals surface area contributed by atoms with Gasteiger partial charge in [-0.25, -0.2) is 4.98 Å². The Bertz CT molecular complexity index is 263. The van der Waals surface area contributed by atoms with Crippen molar-refractivity contribution in [1.82, 2.24) is 4.98 Å². The number of hydrogen-bond acceptors (Lipinski definition) is 2. The predicted molar refractivity (Wildman–Crippen MR) is 56.3 cm³/mol. The molecule has 2 nitrogen and oxygen atoms in total. The first kappa shape index (κ1) is 9.06. The second-order valence-corrected chi connectivity index (χ2v) is 3.92. The lowest BCUT2D eigenvalue weighted by Gasteiger charge is -2.10. The molecule has 1 aromatic heterocycles. The molecule has 1 heterocycles. The highest BCUT2D eigenvalue weighted by Crippen LogP contribution is 2.20. The van der Waals surface area contributed by atoms with Crippen LogP contribution in [-0.2, 0) is 0 Å². The predicted octanol–water partition coefficient (Wildman–Crippen LogP) is 2.41. The van der Waals surface area contributed by atoms with Crippen LogP contribution in [0.2, 0.25) is 5.02 Å². The molecule has 0 radical (unpaired) electrons. The molecule has 0 aliphatic heterocycles.